The number of carboxylic acid groups (broad SMARTS) is 1. The monoisotopic (exact) mass is 444 g/mol. The van der Waals surface area contributed by atoms with E-state index in [-0.39, 0.29) is 31.2 Å². The molecule has 0 saturated carbocycles. The van der Waals surface area contributed by atoms with Crippen molar-refractivity contribution in [2.45, 2.75) is 31.7 Å². The minimum atomic E-state index is -0.908. The van der Waals surface area contributed by atoms with E-state index < -0.39 is 5.97 Å². The third-order valence-electron chi connectivity index (χ3n) is 4.62. The number of methoxy groups -OCH3 is 1. The maximum atomic E-state index is 12.8. The fourth-order valence-electron chi connectivity index (χ4n) is 3.25. The largest absolute Gasteiger partial charge is 0.496 e. The van der Waals surface area contributed by atoms with Crippen LogP contribution in [0.1, 0.15) is 42.9 Å². The molecule has 0 aromatic heterocycles. The molecule has 2 aromatic carbocycles. The summed E-state index contributed by atoms with van der Waals surface area (Å²) in [5.41, 5.74) is 2.64. The average molecular weight is 445 g/mol. The van der Waals surface area contributed by atoms with Crippen molar-refractivity contribution in [3.8, 4) is 5.75 Å². The van der Waals surface area contributed by atoms with Gasteiger partial charge in [0.2, 0.25) is 5.91 Å². The van der Waals surface area contributed by atoms with Crippen LogP contribution in [0.5, 0.6) is 5.75 Å². The van der Waals surface area contributed by atoms with Crippen molar-refractivity contribution in [3.63, 3.8) is 0 Å². The Morgan fingerprint density at radius 1 is 1.18 bits per heavy atom. The van der Waals surface area contributed by atoms with E-state index in [1.807, 2.05) is 48.5 Å². The van der Waals surface area contributed by atoms with E-state index in [4.69, 9.17) is 9.84 Å². The molecule has 0 radical (unpaired) electrons. The zero-order chi connectivity index (χ0) is 20.1. The van der Waals surface area contributed by atoms with Gasteiger partial charge in [0.05, 0.1) is 18.9 Å². The molecule has 1 heterocycles. The van der Waals surface area contributed by atoms with Crippen molar-refractivity contribution in [2.75, 3.05) is 7.11 Å². The highest BCUT2D eigenvalue weighted by molar-refractivity contribution is 9.10. The molecule has 1 atom stereocenters. The fourth-order valence-corrected chi connectivity index (χ4v) is 3.51. The van der Waals surface area contributed by atoms with Crippen LogP contribution in [0.2, 0.25) is 0 Å². The Hall–Kier alpha value is -2.67. The summed E-state index contributed by atoms with van der Waals surface area (Å²) in [6.07, 6.45) is 0.941. The molecule has 1 aliphatic heterocycles. The van der Waals surface area contributed by atoms with Gasteiger partial charge in [0, 0.05) is 29.3 Å². The fraction of sp³-hybridized carbons (Fsp3) is 0.286. The van der Waals surface area contributed by atoms with Crippen molar-refractivity contribution in [1.29, 1.82) is 0 Å². The zero-order valence-electron chi connectivity index (χ0n) is 15.5. The topological polar surface area (TPSA) is 79.2 Å². The van der Waals surface area contributed by atoms with Crippen molar-refractivity contribution in [1.82, 2.24) is 5.01 Å². The Bertz CT molecular complexity index is 896. The van der Waals surface area contributed by atoms with Crippen LogP contribution in [0.3, 0.4) is 0 Å². The van der Waals surface area contributed by atoms with E-state index in [2.05, 4.69) is 21.0 Å². The summed E-state index contributed by atoms with van der Waals surface area (Å²) in [5.74, 6) is -0.401. The number of benzene rings is 2. The number of carbonyl (C=O) groups is 2. The summed E-state index contributed by atoms with van der Waals surface area (Å²) in [4.78, 5) is 23.6. The minimum Gasteiger partial charge on any atom is -0.496 e. The Kier molecular flexibility index (Phi) is 6.46. The number of hydrazone groups is 1. The lowest BCUT2D eigenvalue weighted by Crippen LogP contribution is -2.27. The van der Waals surface area contributed by atoms with E-state index in [1.165, 1.54) is 5.01 Å². The van der Waals surface area contributed by atoms with Gasteiger partial charge in [-0.1, -0.05) is 46.3 Å². The second-order valence-corrected chi connectivity index (χ2v) is 7.42. The standard InChI is InChI=1S/C21H21BrN2O4/c1-28-19-6-3-2-5-16(19)18-13-17(14-9-11-15(22)12-10-14)23-24(18)20(25)7-4-8-21(26)27/h2-3,5-6,9-12,18H,4,7-8,13H2,1H3,(H,26,27). The predicted octanol–water partition coefficient (Wildman–Crippen LogP) is 4.39. The van der Waals surface area contributed by atoms with E-state index >= 15 is 0 Å². The van der Waals surface area contributed by atoms with Crippen LogP contribution in [0, 0.1) is 0 Å². The highest BCUT2D eigenvalue weighted by atomic mass is 79.9. The Labute approximate surface area is 171 Å². The van der Waals surface area contributed by atoms with Crippen molar-refractivity contribution < 1.29 is 19.4 Å². The molecule has 0 aliphatic carbocycles. The van der Waals surface area contributed by atoms with Gasteiger partial charge in [-0.2, -0.15) is 5.10 Å². The van der Waals surface area contributed by atoms with Crippen LogP contribution < -0.4 is 4.74 Å². The van der Waals surface area contributed by atoms with Gasteiger partial charge >= 0.3 is 5.97 Å². The molecule has 28 heavy (non-hydrogen) atoms. The first kappa shape index (κ1) is 20.1. The summed E-state index contributed by atoms with van der Waals surface area (Å²) >= 11 is 3.43. The number of carboxylic acids is 1. The average Bonchev–Trinajstić information content (AvgIpc) is 3.13. The second-order valence-electron chi connectivity index (χ2n) is 6.50. The molecule has 0 spiro atoms. The molecule has 1 unspecified atom stereocenters. The van der Waals surface area contributed by atoms with Gasteiger partial charge in [0.15, 0.2) is 0 Å². The molecule has 1 amide bonds. The molecule has 2 aromatic rings. The first-order chi connectivity index (χ1) is 13.5. The van der Waals surface area contributed by atoms with Crippen LogP contribution in [0.15, 0.2) is 58.1 Å². The lowest BCUT2D eigenvalue weighted by Gasteiger charge is -2.23. The lowest BCUT2D eigenvalue weighted by atomic mass is 9.97. The van der Waals surface area contributed by atoms with Crippen LogP contribution in [-0.2, 0) is 9.59 Å². The Morgan fingerprint density at radius 2 is 1.89 bits per heavy atom. The van der Waals surface area contributed by atoms with Gasteiger partial charge in [-0.3, -0.25) is 9.59 Å². The number of carbonyl (C=O) groups excluding carboxylic acids is 1. The Balaban J connectivity index is 1.90. The van der Waals surface area contributed by atoms with Crippen LogP contribution in [0.4, 0.5) is 0 Å². The van der Waals surface area contributed by atoms with Crippen molar-refractivity contribution in [2.24, 2.45) is 5.10 Å². The highest BCUT2D eigenvalue weighted by Gasteiger charge is 2.34. The summed E-state index contributed by atoms with van der Waals surface area (Å²) in [7, 11) is 1.60. The van der Waals surface area contributed by atoms with E-state index in [9.17, 15) is 9.59 Å². The highest BCUT2D eigenvalue weighted by Crippen LogP contribution is 2.37. The van der Waals surface area contributed by atoms with Crippen LogP contribution in [0.25, 0.3) is 0 Å². The predicted molar refractivity (Wildman–Crippen MR) is 109 cm³/mol. The van der Waals surface area contributed by atoms with Gasteiger partial charge in [-0.05, 0) is 30.2 Å². The first-order valence-electron chi connectivity index (χ1n) is 8.99. The molecule has 6 nitrogen and oxygen atoms in total. The lowest BCUT2D eigenvalue weighted by molar-refractivity contribution is -0.137. The van der Waals surface area contributed by atoms with E-state index in [0.717, 1.165) is 21.3 Å². The second kappa shape index (κ2) is 9.01. The van der Waals surface area contributed by atoms with Crippen molar-refractivity contribution in [3.05, 3.63) is 64.1 Å². The summed E-state index contributed by atoms with van der Waals surface area (Å²) in [6, 6.07) is 15.1. The first-order valence-corrected chi connectivity index (χ1v) is 9.79. The molecule has 0 bridgehead atoms. The van der Waals surface area contributed by atoms with Gasteiger partial charge < -0.3 is 9.84 Å². The number of nitrogens with zero attached hydrogens (tertiary/aromatic N) is 2. The third kappa shape index (κ3) is 4.59. The third-order valence-corrected chi connectivity index (χ3v) is 5.15. The molecular formula is C21H21BrN2O4. The van der Waals surface area contributed by atoms with Gasteiger partial charge in [0.1, 0.15) is 5.75 Å². The maximum Gasteiger partial charge on any atom is 0.303 e. The normalized spacial score (nSPS) is 16.0. The van der Waals surface area contributed by atoms with Gasteiger partial charge in [-0.15, -0.1) is 0 Å². The number of ether oxygens (including phenoxy) is 1. The van der Waals surface area contributed by atoms with Gasteiger partial charge in [-0.25, -0.2) is 5.01 Å². The molecule has 146 valence electrons. The number of amides is 1. The van der Waals surface area contributed by atoms with Crippen molar-refractivity contribution >= 4 is 33.5 Å². The molecule has 7 heteroatoms. The molecule has 0 fully saturated rings. The summed E-state index contributed by atoms with van der Waals surface area (Å²) < 4.78 is 6.45. The summed E-state index contributed by atoms with van der Waals surface area (Å²) in [6.45, 7) is 0. The molecule has 1 N–H and O–H groups in total. The Morgan fingerprint density at radius 3 is 2.57 bits per heavy atom. The molecular weight excluding hydrogens is 424 g/mol. The number of halogens is 1. The molecule has 3 rings (SSSR count). The van der Waals surface area contributed by atoms with E-state index in [0.29, 0.717) is 12.2 Å². The summed E-state index contributed by atoms with van der Waals surface area (Å²) in [5, 5.41) is 14.9. The number of hydrogen-bond donors (Lipinski definition) is 1. The zero-order valence-corrected chi connectivity index (χ0v) is 17.1. The maximum absolute atomic E-state index is 12.8. The number of hydrogen-bond acceptors (Lipinski definition) is 4. The quantitative estimate of drug-likeness (QED) is 0.686. The molecule has 1 aliphatic rings. The number of aliphatic carboxylic acids is 1. The molecule has 0 saturated heterocycles. The smallest absolute Gasteiger partial charge is 0.303 e. The SMILES string of the molecule is COc1ccccc1C1CC(c2ccc(Br)cc2)=NN1C(=O)CCCC(=O)O. The van der Waals surface area contributed by atoms with Gasteiger partial charge in [0.25, 0.3) is 0 Å². The minimum absolute atomic E-state index is 0.0395. The van der Waals surface area contributed by atoms with Crippen LogP contribution in [-0.4, -0.2) is 34.8 Å². The van der Waals surface area contributed by atoms with Crippen LogP contribution >= 0.6 is 15.9 Å². The number of para-hydroxylation sites is 1. The van der Waals surface area contributed by atoms with E-state index in [1.54, 1.807) is 7.11 Å². The number of rotatable bonds is 7.